The number of likely N-dealkylation sites (tertiary alicyclic amines) is 1. The fourth-order valence-corrected chi connectivity index (χ4v) is 4.05. The number of carbonyl (C=O) groups is 2. The third-order valence-corrected chi connectivity index (χ3v) is 5.84. The molecule has 1 aliphatic heterocycles. The number of alkyl halides is 3. The van der Waals surface area contributed by atoms with Gasteiger partial charge in [0.1, 0.15) is 12.3 Å². The minimum Gasteiger partial charge on any atom is -0.497 e. The van der Waals surface area contributed by atoms with Crippen molar-refractivity contribution in [2.24, 2.45) is 0 Å². The predicted octanol–water partition coefficient (Wildman–Crippen LogP) is 4.61. The number of amides is 3. The third kappa shape index (κ3) is 5.27. The van der Waals surface area contributed by atoms with Crippen molar-refractivity contribution >= 4 is 28.5 Å². The molecular formula is C24H25F3N4O3. The molecule has 7 nitrogen and oxygen atoms in total. The molecule has 0 aliphatic carbocycles. The maximum Gasteiger partial charge on any atom is 0.416 e. The highest BCUT2D eigenvalue weighted by Gasteiger charge is 2.30. The Labute approximate surface area is 194 Å². The fraction of sp³-hybridized carbons (Fsp3) is 0.333. The number of benzene rings is 2. The lowest BCUT2D eigenvalue weighted by molar-refractivity contribution is -0.137. The number of anilines is 1. The summed E-state index contributed by atoms with van der Waals surface area (Å²) in [5, 5.41) is 6.09. The molecule has 3 aromatic rings. The average Bonchev–Trinajstić information content (AvgIpc) is 3.46. The van der Waals surface area contributed by atoms with Crippen molar-refractivity contribution in [3.8, 4) is 5.75 Å². The van der Waals surface area contributed by atoms with Crippen molar-refractivity contribution in [1.29, 1.82) is 0 Å². The molecule has 0 radical (unpaired) electrons. The largest absolute Gasteiger partial charge is 0.497 e. The minimum atomic E-state index is -4.44. The van der Waals surface area contributed by atoms with E-state index in [1.54, 1.807) is 7.11 Å². The standard InChI is InChI=1S/C24H25F3N4O3/c1-34-19-8-9-21-20(12-19)16(14-31(21)15-22(32)30-10-2-3-11-30)13-28-23(33)29-18-6-4-17(5-7-18)24(25,26)27/h4-9,12,14H,2-3,10-11,13,15H2,1H3,(H2,28,29,33). The quantitative estimate of drug-likeness (QED) is 0.548. The average molecular weight is 474 g/mol. The summed E-state index contributed by atoms with van der Waals surface area (Å²) in [6.07, 6.45) is -0.583. The number of fused-ring (bicyclic) bond motifs is 1. The maximum absolute atomic E-state index is 12.7. The number of hydrogen-bond acceptors (Lipinski definition) is 3. The number of nitrogens with one attached hydrogen (secondary N) is 2. The smallest absolute Gasteiger partial charge is 0.416 e. The lowest BCUT2D eigenvalue weighted by atomic mass is 10.1. The van der Waals surface area contributed by atoms with Gasteiger partial charge in [0.15, 0.2) is 0 Å². The van der Waals surface area contributed by atoms with Crippen LogP contribution in [0.1, 0.15) is 24.0 Å². The Hall–Kier alpha value is -3.69. The van der Waals surface area contributed by atoms with Gasteiger partial charge in [0.2, 0.25) is 5.91 Å². The molecule has 2 heterocycles. The van der Waals surface area contributed by atoms with Gasteiger partial charge < -0.3 is 24.8 Å². The van der Waals surface area contributed by atoms with E-state index in [1.807, 2.05) is 33.9 Å². The SMILES string of the molecule is COc1ccc2c(c1)c(CNC(=O)Nc1ccc(C(F)(F)F)cc1)cn2CC(=O)N1CCCC1. The van der Waals surface area contributed by atoms with Crippen LogP contribution in [0.15, 0.2) is 48.7 Å². The molecule has 1 fully saturated rings. The summed E-state index contributed by atoms with van der Waals surface area (Å²) in [4.78, 5) is 26.9. The van der Waals surface area contributed by atoms with Crippen LogP contribution in [0.4, 0.5) is 23.7 Å². The van der Waals surface area contributed by atoms with Gasteiger partial charge in [-0.05, 0) is 60.9 Å². The fourth-order valence-electron chi connectivity index (χ4n) is 4.05. The second-order valence-corrected chi connectivity index (χ2v) is 8.14. The molecule has 1 saturated heterocycles. The summed E-state index contributed by atoms with van der Waals surface area (Å²) in [7, 11) is 1.56. The number of ether oxygens (including phenoxy) is 1. The van der Waals surface area contributed by atoms with Crippen LogP contribution in [-0.4, -0.2) is 41.6 Å². The zero-order valence-electron chi connectivity index (χ0n) is 18.6. The molecule has 34 heavy (non-hydrogen) atoms. The molecular weight excluding hydrogens is 449 g/mol. The van der Waals surface area contributed by atoms with Crippen LogP contribution in [-0.2, 0) is 24.1 Å². The molecule has 0 unspecified atom stereocenters. The third-order valence-electron chi connectivity index (χ3n) is 5.84. The Kier molecular flexibility index (Phi) is 6.67. The van der Waals surface area contributed by atoms with Gasteiger partial charge in [0.05, 0.1) is 12.7 Å². The van der Waals surface area contributed by atoms with Crippen LogP contribution in [0.3, 0.4) is 0 Å². The highest BCUT2D eigenvalue weighted by molar-refractivity contribution is 5.91. The van der Waals surface area contributed by atoms with E-state index in [-0.39, 0.29) is 24.7 Å². The van der Waals surface area contributed by atoms with Crippen LogP contribution in [0.25, 0.3) is 10.9 Å². The Bertz CT molecular complexity index is 1180. The van der Waals surface area contributed by atoms with Crippen LogP contribution in [0.5, 0.6) is 5.75 Å². The van der Waals surface area contributed by atoms with Gasteiger partial charge in [-0.2, -0.15) is 13.2 Å². The summed E-state index contributed by atoms with van der Waals surface area (Å²) in [6.45, 7) is 1.89. The first kappa shape index (κ1) is 23.5. The topological polar surface area (TPSA) is 75.6 Å². The first-order valence-corrected chi connectivity index (χ1v) is 10.9. The summed E-state index contributed by atoms with van der Waals surface area (Å²) < 4.78 is 45.3. The number of halogens is 3. The van der Waals surface area contributed by atoms with Crippen LogP contribution in [0, 0.1) is 0 Å². The molecule has 10 heteroatoms. The van der Waals surface area contributed by atoms with Crippen molar-refractivity contribution in [3.63, 3.8) is 0 Å². The lowest BCUT2D eigenvalue weighted by Gasteiger charge is -2.16. The van der Waals surface area contributed by atoms with E-state index in [1.165, 1.54) is 12.1 Å². The molecule has 4 rings (SSSR count). The first-order chi connectivity index (χ1) is 16.2. The molecule has 180 valence electrons. The zero-order valence-corrected chi connectivity index (χ0v) is 18.6. The summed E-state index contributed by atoms with van der Waals surface area (Å²) in [5.41, 5.74) is 1.08. The predicted molar refractivity (Wildman–Crippen MR) is 122 cm³/mol. The van der Waals surface area contributed by atoms with E-state index in [0.717, 1.165) is 54.5 Å². The van der Waals surface area contributed by atoms with E-state index in [2.05, 4.69) is 10.6 Å². The first-order valence-electron chi connectivity index (χ1n) is 10.9. The van der Waals surface area contributed by atoms with E-state index >= 15 is 0 Å². The van der Waals surface area contributed by atoms with Gasteiger partial charge in [0.25, 0.3) is 0 Å². The Morgan fingerprint density at radius 3 is 2.41 bits per heavy atom. The normalized spacial score (nSPS) is 13.8. The van der Waals surface area contributed by atoms with Crippen molar-refractivity contribution in [3.05, 3.63) is 59.8 Å². The summed E-state index contributed by atoms with van der Waals surface area (Å²) in [5.74, 6) is 0.691. The highest BCUT2D eigenvalue weighted by atomic mass is 19.4. The number of hydrogen-bond donors (Lipinski definition) is 2. The molecule has 0 spiro atoms. The molecule has 2 aromatic carbocycles. The summed E-state index contributed by atoms with van der Waals surface area (Å²) in [6, 6.07) is 9.19. The zero-order chi connectivity index (χ0) is 24.3. The number of carbonyl (C=O) groups excluding carboxylic acids is 2. The molecule has 3 amide bonds. The van der Waals surface area contributed by atoms with Crippen molar-refractivity contribution in [2.75, 3.05) is 25.5 Å². The number of nitrogens with zero attached hydrogens (tertiary/aromatic N) is 2. The van der Waals surface area contributed by atoms with Gasteiger partial charge >= 0.3 is 12.2 Å². The monoisotopic (exact) mass is 474 g/mol. The molecule has 0 atom stereocenters. The Morgan fingerprint density at radius 2 is 1.76 bits per heavy atom. The van der Waals surface area contributed by atoms with E-state index in [9.17, 15) is 22.8 Å². The molecule has 0 bridgehead atoms. The molecule has 1 aliphatic rings. The number of methoxy groups -OCH3 is 1. The minimum absolute atomic E-state index is 0.0461. The van der Waals surface area contributed by atoms with Gasteiger partial charge in [-0.15, -0.1) is 0 Å². The van der Waals surface area contributed by atoms with Crippen LogP contribution < -0.4 is 15.4 Å². The van der Waals surface area contributed by atoms with E-state index in [0.29, 0.717) is 5.75 Å². The Balaban J connectivity index is 1.47. The van der Waals surface area contributed by atoms with Gasteiger partial charge in [0, 0.05) is 42.4 Å². The molecule has 2 N–H and O–H groups in total. The van der Waals surface area contributed by atoms with Crippen molar-refractivity contribution in [2.45, 2.75) is 32.1 Å². The Morgan fingerprint density at radius 1 is 1.06 bits per heavy atom. The van der Waals surface area contributed by atoms with E-state index in [4.69, 9.17) is 4.74 Å². The highest BCUT2D eigenvalue weighted by Crippen LogP contribution is 2.30. The van der Waals surface area contributed by atoms with Crippen LogP contribution in [0.2, 0.25) is 0 Å². The second-order valence-electron chi connectivity index (χ2n) is 8.14. The van der Waals surface area contributed by atoms with Crippen molar-refractivity contribution in [1.82, 2.24) is 14.8 Å². The van der Waals surface area contributed by atoms with E-state index < -0.39 is 17.8 Å². The van der Waals surface area contributed by atoms with Gasteiger partial charge in [-0.25, -0.2) is 4.79 Å². The molecule has 0 saturated carbocycles. The number of aromatic nitrogens is 1. The number of rotatable bonds is 6. The number of urea groups is 1. The van der Waals surface area contributed by atoms with Gasteiger partial charge in [-0.3, -0.25) is 4.79 Å². The van der Waals surface area contributed by atoms with Crippen LogP contribution >= 0.6 is 0 Å². The molecule has 1 aromatic heterocycles. The lowest BCUT2D eigenvalue weighted by Crippen LogP contribution is -2.30. The van der Waals surface area contributed by atoms with Crippen molar-refractivity contribution < 1.29 is 27.5 Å². The maximum atomic E-state index is 12.7. The second kappa shape index (κ2) is 9.66. The van der Waals surface area contributed by atoms with Gasteiger partial charge in [-0.1, -0.05) is 0 Å². The summed E-state index contributed by atoms with van der Waals surface area (Å²) >= 11 is 0.